The summed E-state index contributed by atoms with van der Waals surface area (Å²) in [5.41, 5.74) is 3.74. The summed E-state index contributed by atoms with van der Waals surface area (Å²) < 4.78 is 0. The Labute approximate surface area is 169 Å². The molecule has 1 N–H and O–H groups in total. The van der Waals surface area contributed by atoms with Gasteiger partial charge >= 0.3 is 0 Å². The summed E-state index contributed by atoms with van der Waals surface area (Å²) in [6, 6.07) is 16.4. The van der Waals surface area contributed by atoms with Crippen LogP contribution in [-0.2, 0) is 11.2 Å². The number of hydrogen-bond acceptors (Lipinski definition) is 3. The number of nitrogens with zero attached hydrogens (tertiary/aromatic N) is 1. The molecule has 0 bridgehead atoms. The number of carbonyl (C=O) groups excluding carboxylic acids is 1. The number of Topliss-reactive ketones (excluding diaryl/α,β-unsaturated/α-hetero) is 1. The number of nitrogens with one attached hydrogen (secondary N) is 1. The van der Waals surface area contributed by atoms with Crippen LogP contribution in [0.5, 0.6) is 0 Å². The van der Waals surface area contributed by atoms with Crippen LogP contribution in [0.25, 0.3) is 0 Å². The highest BCUT2D eigenvalue weighted by atomic mass is 35.5. The topological polar surface area (TPSA) is 42.0 Å². The molecular formula is C22H20Cl2N2O. The van der Waals surface area contributed by atoms with Gasteiger partial charge in [-0.3, -0.25) is 9.78 Å². The van der Waals surface area contributed by atoms with Gasteiger partial charge in [-0.15, -0.1) is 0 Å². The van der Waals surface area contributed by atoms with Gasteiger partial charge in [-0.1, -0.05) is 41.4 Å². The van der Waals surface area contributed by atoms with Crippen molar-refractivity contribution in [2.24, 2.45) is 0 Å². The Hall–Kier alpha value is -2.36. The predicted octanol–water partition coefficient (Wildman–Crippen LogP) is 6.05. The molecule has 27 heavy (non-hydrogen) atoms. The zero-order valence-electron chi connectivity index (χ0n) is 15.0. The van der Waals surface area contributed by atoms with Crippen molar-refractivity contribution in [3.63, 3.8) is 0 Å². The molecule has 3 nitrogen and oxygen atoms in total. The van der Waals surface area contributed by atoms with Gasteiger partial charge in [0.2, 0.25) is 0 Å². The normalized spacial score (nSPS) is 11.8. The maximum absolute atomic E-state index is 13.0. The Balaban J connectivity index is 1.82. The lowest BCUT2D eigenvalue weighted by molar-refractivity contribution is -0.119. The van der Waals surface area contributed by atoms with Crippen LogP contribution in [-0.4, -0.2) is 10.8 Å². The van der Waals surface area contributed by atoms with Gasteiger partial charge < -0.3 is 5.32 Å². The number of halogens is 2. The second kappa shape index (κ2) is 9.03. The number of pyridine rings is 1. The third-order valence-electron chi connectivity index (χ3n) is 4.36. The van der Waals surface area contributed by atoms with Crippen molar-refractivity contribution in [2.75, 3.05) is 5.32 Å². The molecule has 3 aromatic rings. The van der Waals surface area contributed by atoms with Crippen LogP contribution in [0.15, 0.2) is 67.0 Å². The smallest absolute Gasteiger partial charge is 0.159 e. The summed E-state index contributed by atoms with van der Waals surface area (Å²) in [6.45, 7) is 1.98. The second-order valence-corrected chi connectivity index (χ2v) is 7.28. The number of ketones is 1. The molecule has 138 valence electrons. The standard InChI is InChI=1S/C22H20Cl2N2O/c1-15-2-8-20(19(24)14-15)26-22(17-4-6-18(23)7-5-17)21(27)9-3-16-10-12-25-13-11-16/h2,4-8,10-14,22,26H,3,9H2,1H3. The number of aryl methyl sites for hydroxylation is 2. The number of carbonyl (C=O) groups is 1. The summed E-state index contributed by atoms with van der Waals surface area (Å²) in [5.74, 6) is 0.0887. The Kier molecular flexibility index (Phi) is 6.49. The molecule has 2 aromatic carbocycles. The van der Waals surface area contributed by atoms with E-state index in [2.05, 4.69) is 10.3 Å². The van der Waals surface area contributed by atoms with E-state index in [1.165, 1.54) is 0 Å². The van der Waals surface area contributed by atoms with Crippen LogP contribution >= 0.6 is 23.2 Å². The zero-order valence-corrected chi connectivity index (χ0v) is 16.5. The fraction of sp³-hybridized carbons (Fsp3) is 0.182. The number of benzene rings is 2. The predicted molar refractivity (Wildman–Crippen MR) is 112 cm³/mol. The molecule has 1 aromatic heterocycles. The first-order valence-corrected chi connectivity index (χ1v) is 9.48. The monoisotopic (exact) mass is 398 g/mol. The Morgan fingerprint density at radius 3 is 2.41 bits per heavy atom. The molecule has 1 atom stereocenters. The van der Waals surface area contributed by atoms with E-state index in [0.29, 0.717) is 22.9 Å². The highest BCUT2D eigenvalue weighted by molar-refractivity contribution is 6.33. The summed E-state index contributed by atoms with van der Waals surface area (Å²) >= 11 is 12.4. The molecule has 0 radical (unpaired) electrons. The highest BCUT2D eigenvalue weighted by Gasteiger charge is 2.21. The van der Waals surface area contributed by atoms with Gasteiger partial charge in [0.1, 0.15) is 6.04 Å². The van der Waals surface area contributed by atoms with E-state index in [0.717, 1.165) is 22.4 Å². The largest absolute Gasteiger partial charge is 0.370 e. The molecule has 0 amide bonds. The number of hydrogen-bond donors (Lipinski definition) is 1. The lowest BCUT2D eigenvalue weighted by Gasteiger charge is -2.20. The van der Waals surface area contributed by atoms with Crippen molar-refractivity contribution in [1.82, 2.24) is 4.98 Å². The second-order valence-electron chi connectivity index (χ2n) is 6.43. The van der Waals surface area contributed by atoms with Gasteiger partial charge in [0, 0.05) is 23.8 Å². The highest BCUT2D eigenvalue weighted by Crippen LogP contribution is 2.29. The maximum Gasteiger partial charge on any atom is 0.159 e. The minimum Gasteiger partial charge on any atom is -0.370 e. The van der Waals surface area contributed by atoms with Gasteiger partial charge in [0.25, 0.3) is 0 Å². The SMILES string of the molecule is Cc1ccc(NC(C(=O)CCc2ccncc2)c2ccc(Cl)cc2)c(Cl)c1. The van der Waals surface area contributed by atoms with E-state index in [4.69, 9.17) is 23.2 Å². The molecule has 1 unspecified atom stereocenters. The minimum absolute atomic E-state index is 0.0887. The number of rotatable bonds is 7. The quantitative estimate of drug-likeness (QED) is 0.526. The Morgan fingerprint density at radius 2 is 1.74 bits per heavy atom. The van der Waals surface area contributed by atoms with Crippen LogP contribution in [0, 0.1) is 6.92 Å². The van der Waals surface area contributed by atoms with Crippen LogP contribution in [0.1, 0.15) is 29.2 Å². The molecular weight excluding hydrogens is 379 g/mol. The van der Waals surface area contributed by atoms with Gasteiger partial charge in [-0.2, -0.15) is 0 Å². The molecule has 0 spiro atoms. The van der Waals surface area contributed by atoms with E-state index in [1.807, 2.05) is 49.4 Å². The third kappa shape index (κ3) is 5.31. The summed E-state index contributed by atoms with van der Waals surface area (Å²) in [7, 11) is 0. The molecule has 3 rings (SSSR count). The minimum atomic E-state index is -0.496. The van der Waals surface area contributed by atoms with Crippen LogP contribution in [0.3, 0.4) is 0 Å². The van der Waals surface area contributed by atoms with Crippen molar-refractivity contribution in [2.45, 2.75) is 25.8 Å². The first-order chi connectivity index (χ1) is 13.0. The van der Waals surface area contributed by atoms with Crippen LogP contribution < -0.4 is 5.32 Å². The van der Waals surface area contributed by atoms with E-state index in [-0.39, 0.29) is 5.78 Å². The fourth-order valence-electron chi connectivity index (χ4n) is 2.86. The van der Waals surface area contributed by atoms with E-state index < -0.39 is 6.04 Å². The molecule has 1 heterocycles. The zero-order chi connectivity index (χ0) is 19.2. The number of anilines is 1. The molecule has 0 saturated carbocycles. The van der Waals surface area contributed by atoms with Crippen LogP contribution in [0.2, 0.25) is 10.0 Å². The van der Waals surface area contributed by atoms with E-state index in [9.17, 15) is 4.79 Å². The summed E-state index contributed by atoms with van der Waals surface area (Å²) in [6.07, 6.45) is 4.55. The van der Waals surface area contributed by atoms with Gasteiger partial charge in [0.15, 0.2) is 5.78 Å². The molecule has 5 heteroatoms. The van der Waals surface area contributed by atoms with Crippen molar-refractivity contribution in [3.05, 3.63) is 93.7 Å². The van der Waals surface area contributed by atoms with Crippen molar-refractivity contribution >= 4 is 34.7 Å². The lowest BCUT2D eigenvalue weighted by Crippen LogP contribution is -2.21. The lowest BCUT2D eigenvalue weighted by atomic mass is 9.97. The molecule has 0 saturated heterocycles. The Morgan fingerprint density at radius 1 is 1.04 bits per heavy atom. The van der Waals surface area contributed by atoms with E-state index >= 15 is 0 Å². The Bertz CT molecular complexity index is 911. The van der Waals surface area contributed by atoms with Crippen LogP contribution in [0.4, 0.5) is 5.69 Å². The molecule has 0 aliphatic heterocycles. The summed E-state index contributed by atoms with van der Waals surface area (Å²) in [4.78, 5) is 17.0. The average Bonchev–Trinajstić information content (AvgIpc) is 2.67. The first-order valence-electron chi connectivity index (χ1n) is 8.73. The van der Waals surface area contributed by atoms with Crippen molar-refractivity contribution < 1.29 is 4.79 Å². The van der Waals surface area contributed by atoms with Crippen molar-refractivity contribution in [1.29, 1.82) is 0 Å². The van der Waals surface area contributed by atoms with Gasteiger partial charge in [0.05, 0.1) is 10.7 Å². The molecule has 0 fully saturated rings. The average molecular weight is 399 g/mol. The summed E-state index contributed by atoms with van der Waals surface area (Å²) in [5, 5.41) is 4.54. The number of aromatic nitrogens is 1. The van der Waals surface area contributed by atoms with Gasteiger partial charge in [-0.25, -0.2) is 0 Å². The maximum atomic E-state index is 13.0. The molecule has 0 aliphatic rings. The molecule has 0 aliphatic carbocycles. The first kappa shape index (κ1) is 19.4. The van der Waals surface area contributed by atoms with Gasteiger partial charge in [-0.05, 0) is 66.4 Å². The van der Waals surface area contributed by atoms with E-state index in [1.54, 1.807) is 24.5 Å². The third-order valence-corrected chi connectivity index (χ3v) is 4.92. The fourth-order valence-corrected chi connectivity index (χ4v) is 3.27. The van der Waals surface area contributed by atoms with Crippen molar-refractivity contribution in [3.8, 4) is 0 Å².